The topological polar surface area (TPSA) is 85.7 Å². The lowest BCUT2D eigenvalue weighted by Crippen LogP contribution is -2.37. The molecule has 2 rings (SSSR count). The first-order chi connectivity index (χ1) is 9.08. The number of aliphatic hydroxyl groups excluding tert-OH is 1. The lowest BCUT2D eigenvalue weighted by Gasteiger charge is -2.18. The van der Waals surface area contributed by atoms with Gasteiger partial charge in [0.15, 0.2) is 6.23 Å². The number of methoxy groups -OCH3 is 2. The quantitative estimate of drug-likeness (QED) is 0.748. The maximum Gasteiger partial charge on any atom is 0.328 e. The number of nitrogens with one attached hydrogen (secondary N) is 1. The Bertz CT molecular complexity index is 542. The maximum atomic E-state index is 11.8. The lowest BCUT2D eigenvalue weighted by molar-refractivity contribution is -0.0640. The summed E-state index contributed by atoms with van der Waals surface area (Å²) in [5.41, 5.74) is -0.440. The zero-order valence-corrected chi connectivity index (χ0v) is 11.4. The average molecular weight is 288 g/mol. The summed E-state index contributed by atoms with van der Waals surface area (Å²) in [5.74, 6) is 0. The Morgan fingerprint density at radius 1 is 1.58 bits per heavy atom. The van der Waals surface area contributed by atoms with Crippen LogP contribution < -0.4 is 5.69 Å². The van der Waals surface area contributed by atoms with Crippen molar-refractivity contribution in [2.75, 3.05) is 20.8 Å². The van der Waals surface area contributed by atoms with Crippen molar-refractivity contribution in [3.63, 3.8) is 0 Å². The van der Waals surface area contributed by atoms with Crippen LogP contribution >= 0.6 is 12.2 Å². The van der Waals surface area contributed by atoms with Crippen molar-refractivity contribution in [1.82, 2.24) is 9.55 Å². The van der Waals surface area contributed by atoms with E-state index in [0.29, 0.717) is 4.64 Å². The van der Waals surface area contributed by atoms with E-state index in [1.165, 1.54) is 25.0 Å². The molecule has 1 aromatic rings. The van der Waals surface area contributed by atoms with Crippen LogP contribution in [-0.2, 0) is 14.2 Å². The van der Waals surface area contributed by atoms with Crippen molar-refractivity contribution in [2.24, 2.45) is 0 Å². The number of aromatic amines is 1. The number of H-pyrrole nitrogens is 1. The summed E-state index contributed by atoms with van der Waals surface area (Å²) in [6, 6.07) is 1.55. The standard InChI is InChI=1S/C11H16N2O5S/c1-16-5-6-9(17-2)8(14)10(18-6)13-4-3-7(19)12-11(13)15/h3-4,6,8-10,14H,5H2,1-2H3,(H,12,15,19)/t6-,8-,9-,10-/m1/s1. The third kappa shape index (κ3) is 2.77. The van der Waals surface area contributed by atoms with E-state index in [0.717, 1.165) is 0 Å². The second kappa shape index (κ2) is 5.93. The van der Waals surface area contributed by atoms with E-state index >= 15 is 0 Å². The maximum absolute atomic E-state index is 11.8. The number of ether oxygens (including phenoxy) is 3. The zero-order valence-electron chi connectivity index (χ0n) is 10.6. The molecule has 1 aromatic heterocycles. The van der Waals surface area contributed by atoms with E-state index < -0.39 is 30.2 Å². The summed E-state index contributed by atoms with van der Waals surface area (Å²) in [4.78, 5) is 14.3. The van der Waals surface area contributed by atoms with Crippen LogP contribution in [0.3, 0.4) is 0 Å². The van der Waals surface area contributed by atoms with Gasteiger partial charge in [-0.3, -0.25) is 9.55 Å². The number of aromatic nitrogens is 2. The van der Waals surface area contributed by atoms with E-state index in [2.05, 4.69) is 4.98 Å². The molecular weight excluding hydrogens is 272 g/mol. The van der Waals surface area contributed by atoms with E-state index in [-0.39, 0.29) is 6.61 Å². The predicted molar refractivity (Wildman–Crippen MR) is 68.5 cm³/mol. The van der Waals surface area contributed by atoms with Crippen molar-refractivity contribution >= 4 is 12.2 Å². The van der Waals surface area contributed by atoms with Crippen molar-refractivity contribution in [1.29, 1.82) is 0 Å². The molecule has 19 heavy (non-hydrogen) atoms. The Morgan fingerprint density at radius 3 is 2.89 bits per heavy atom. The Kier molecular flexibility index (Phi) is 4.48. The molecule has 2 N–H and O–H groups in total. The van der Waals surface area contributed by atoms with Gasteiger partial charge in [-0.1, -0.05) is 12.2 Å². The van der Waals surface area contributed by atoms with Gasteiger partial charge >= 0.3 is 5.69 Å². The molecule has 0 bridgehead atoms. The van der Waals surface area contributed by atoms with Gasteiger partial charge in [0.2, 0.25) is 0 Å². The number of aliphatic hydroxyl groups is 1. The SMILES string of the molecule is COC[C@H]1O[C@@H](n2ccc(=S)[nH]c2=O)[C@H](O)[C@@H]1OC. The van der Waals surface area contributed by atoms with E-state index in [4.69, 9.17) is 26.4 Å². The highest BCUT2D eigenvalue weighted by atomic mass is 32.1. The number of hydrogen-bond donors (Lipinski definition) is 2. The molecule has 0 aromatic carbocycles. The Balaban J connectivity index is 2.30. The molecule has 0 spiro atoms. The van der Waals surface area contributed by atoms with Crippen molar-refractivity contribution in [2.45, 2.75) is 24.5 Å². The van der Waals surface area contributed by atoms with E-state index in [9.17, 15) is 9.90 Å². The molecule has 1 fully saturated rings. The molecule has 1 aliphatic rings. The van der Waals surface area contributed by atoms with Crippen LogP contribution in [0.4, 0.5) is 0 Å². The molecule has 0 aliphatic carbocycles. The first kappa shape index (κ1) is 14.4. The van der Waals surface area contributed by atoms with E-state index in [1.807, 2.05) is 0 Å². The molecule has 8 heteroatoms. The van der Waals surface area contributed by atoms with Crippen molar-refractivity contribution in [3.05, 3.63) is 27.4 Å². The van der Waals surface area contributed by atoms with Crippen LogP contribution in [0.2, 0.25) is 0 Å². The van der Waals surface area contributed by atoms with Gasteiger partial charge < -0.3 is 19.3 Å². The van der Waals surface area contributed by atoms with Gasteiger partial charge in [0.25, 0.3) is 0 Å². The number of hydrogen-bond acceptors (Lipinski definition) is 6. The number of nitrogens with zero attached hydrogens (tertiary/aromatic N) is 1. The minimum atomic E-state index is -0.966. The molecule has 2 heterocycles. The second-order valence-corrected chi connectivity index (χ2v) is 4.67. The van der Waals surface area contributed by atoms with Crippen LogP contribution in [0.5, 0.6) is 0 Å². The summed E-state index contributed by atoms with van der Waals surface area (Å²) in [6.45, 7) is 0.268. The summed E-state index contributed by atoms with van der Waals surface area (Å²) < 4.78 is 17.4. The first-order valence-electron chi connectivity index (χ1n) is 5.75. The minimum absolute atomic E-state index is 0.268. The Morgan fingerprint density at radius 2 is 2.32 bits per heavy atom. The molecule has 0 saturated carbocycles. The minimum Gasteiger partial charge on any atom is -0.386 e. The van der Waals surface area contributed by atoms with Crippen LogP contribution in [0.1, 0.15) is 6.23 Å². The van der Waals surface area contributed by atoms with Crippen molar-refractivity contribution < 1.29 is 19.3 Å². The summed E-state index contributed by atoms with van der Waals surface area (Å²) in [6.07, 6.45) is -1.31. The third-order valence-corrected chi connectivity index (χ3v) is 3.28. The zero-order chi connectivity index (χ0) is 14.0. The molecule has 0 unspecified atom stereocenters. The Labute approximate surface area is 114 Å². The van der Waals surface area contributed by atoms with Crippen molar-refractivity contribution in [3.8, 4) is 0 Å². The molecule has 1 aliphatic heterocycles. The monoisotopic (exact) mass is 288 g/mol. The molecule has 0 amide bonds. The molecule has 0 radical (unpaired) electrons. The first-order valence-corrected chi connectivity index (χ1v) is 6.16. The van der Waals surface area contributed by atoms with Gasteiger partial charge in [0.1, 0.15) is 23.0 Å². The fraction of sp³-hybridized carbons (Fsp3) is 0.636. The van der Waals surface area contributed by atoms with E-state index in [1.54, 1.807) is 6.07 Å². The highest BCUT2D eigenvalue weighted by Crippen LogP contribution is 2.30. The normalized spacial score (nSPS) is 30.7. The van der Waals surface area contributed by atoms with Crippen LogP contribution in [0.15, 0.2) is 17.1 Å². The largest absolute Gasteiger partial charge is 0.386 e. The molecule has 1 saturated heterocycles. The van der Waals surface area contributed by atoms with Gasteiger partial charge in [-0.15, -0.1) is 0 Å². The average Bonchev–Trinajstić information content (AvgIpc) is 2.66. The second-order valence-electron chi connectivity index (χ2n) is 4.23. The molecule has 106 valence electrons. The van der Waals surface area contributed by atoms with Crippen LogP contribution in [0, 0.1) is 4.64 Å². The summed E-state index contributed by atoms with van der Waals surface area (Å²) in [5, 5.41) is 10.2. The van der Waals surface area contributed by atoms with Crippen LogP contribution in [-0.4, -0.2) is 53.8 Å². The molecule has 4 atom stereocenters. The van der Waals surface area contributed by atoms with Gasteiger partial charge in [-0.2, -0.15) is 0 Å². The third-order valence-electron chi connectivity index (χ3n) is 3.04. The van der Waals surface area contributed by atoms with Gasteiger partial charge in [0.05, 0.1) is 6.61 Å². The number of rotatable bonds is 4. The smallest absolute Gasteiger partial charge is 0.328 e. The van der Waals surface area contributed by atoms with Gasteiger partial charge in [-0.05, 0) is 6.07 Å². The highest BCUT2D eigenvalue weighted by molar-refractivity contribution is 7.71. The van der Waals surface area contributed by atoms with Gasteiger partial charge in [0, 0.05) is 20.4 Å². The fourth-order valence-electron chi connectivity index (χ4n) is 2.17. The highest BCUT2D eigenvalue weighted by Gasteiger charge is 2.45. The summed E-state index contributed by atoms with van der Waals surface area (Å²) in [7, 11) is 3.01. The molecule has 7 nitrogen and oxygen atoms in total. The Hall–Kier alpha value is -1.06. The van der Waals surface area contributed by atoms with Crippen LogP contribution in [0.25, 0.3) is 0 Å². The fourth-order valence-corrected chi connectivity index (χ4v) is 2.31. The lowest BCUT2D eigenvalue weighted by atomic mass is 10.1. The molecular formula is C11H16N2O5S. The van der Waals surface area contributed by atoms with Gasteiger partial charge in [-0.25, -0.2) is 4.79 Å². The predicted octanol–water partition coefficient (Wildman–Crippen LogP) is -0.174. The summed E-state index contributed by atoms with van der Waals surface area (Å²) >= 11 is 4.86.